The SMILES string of the molecule is CC1(C)C(C=C2CCCC2)C1C(=O)OC1COc2ccc(Cl)cc21. The molecule has 0 amide bonds. The standard InChI is InChI=1S/C20H23ClO3/c1-20(2)15(9-12-5-3-4-6-12)18(20)19(22)24-17-11-23-16-8-7-13(21)10-14(16)17/h7-10,15,17-18H,3-6,11H2,1-2H3. The van der Waals surface area contributed by atoms with Crippen LogP contribution in [0.5, 0.6) is 5.75 Å². The molecule has 2 saturated carbocycles. The molecule has 0 N–H and O–H groups in total. The molecule has 2 fully saturated rings. The highest BCUT2D eigenvalue weighted by Gasteiger charge is 2.62. The number of fused-ring (bicyclic) bond motifs is 1. The lowest BCUT2D eigenvalue weighted by Gasteiger charge is -2.12. The van der Waals surface area contributed by atoms with E-state index in [9.17, 15) is 4.79 Å². The first kappa shape index (κ1) is 16.0. The monoisotopic (exact) mass is 346 g/mol. The number of rotatable bonds is 3. The molecule has 4 rings (SSSR count). The number of halogens is 1. The molecular weight excluding hydrogens is 324 g/mol. The largest absolute Gasteiger partial charge is 0.489 e. The van der Waals surface area contributed by atoms with Crippen LogP contribution in [0.3, 0.4) is 0 Å². The molecular formula is C20H23ClO3. The maximum absolute atomic E-state index is 12.7. The number of carbonyl (C=O) groups excluding carboxylic acids is 1. The van der Waals surface area contributed by atoms with Gasteiger partial charge >= 0.3 is 5.97 Å². The van der Waals surface area contributed by atoms with E-state index in [-0.39, 0.29) is 23.4 Å². The molecule has 3 aliphatic rings. The fraction of sp³-hybridized carbons (Fsp3) is 0.550. The number of hydrogen-bond donors (Lipinski definition) is 0. The highest BCUT2D eigenvalue weighted by atomic mass is 35.5. The topological polar surface area (TPSA) is 35.5 Å². The Balaban J connectivity index is 1.46. The van der Waals surface area contributed by atoms with E-state index in [2.05, 4.69) is 19.9 Å². The van der Waals surface area contributed by atoms with Gasteiger partial charge in [-0.25, -0.2) is 0 Å². The number of esters is 1. The zero-order valence-corrected chi connectivity index (χ0v) is 14.9. The molecule has 128 valence electrons. The fourth-order valence-electron chi connectivity index (χ4n) is 4.16. The zero-order chi connectivity index (χ0) is 16.9. The van der Waals surface area contributed by atoms with Crippen molar-refractivity contribution in [2.24, 2.45) is 17.3 Å². The van der Waals surface area contributed by atoms with Gasteiger partial charge in [-0.3, -0.25) is 4.79 Å². The molecule has 1 aromatic rings. The number of ether oxygens (including phenoxy) is 2. The van der Waals surface area contributed by atoms with Gasteiger partial charge in [-0.1, -0.05) is 37.1 Å². The van der Waals surface area contributed by atoms with E-state index in [4.69, 9.17) is 21.1 Å². The van der Waals surface area contributed by atoms with E-state index in [1.807, 2.05) is 12.1 Å². The van der Waals surface area contributed by atoms with Crippen LogP contribution in [0.25, 0.3) is 0 Å². The second-order valence-electron chi connectivity index (χ2n) is 7.78. The molecule has 2 aliphatic carbocycles. The normalized spacial score (nSPS) is 29.8. The minimum absolute atomic E-state index is 0.0106. The second kappa shape index (κ2) is 5.80. The van der Waals surface area contributed by atoms with Gasteiger partial charge in [0.05, 0.1) is 5.92 Å². The van der Waals surface area contributed by atoms with Crippen LogP contribution >= 0.6 is 11.6 Å². The Hall–Kier alpha value is -1.48. The Morgan fingerprint density at radius 2 is 2.08 bits per heavy atom. The van der Waals surface area contributed by atoms with E-state index >= 15 is 0 Å². The summed E-state index contributed by atoms with van der Waals surface area (Å²) in [5.41, 5.74) is 2.38. The third-order valence-electron chi connectivity index (χ3n) is 5.79. The zero-order valence-electron chi connectivity index (χ0n) is 14.2. The first-order valence-electron chi connectivity index (χ1n) is 8.79. The molecule has 0 spiro atoms. The van der Waals surface area contributed by atoms with Crippen LogP contribution in [0.1, 0.15) is 51.2 Å². The molecule has 24 heavy (non-hydrogen) atoms. The summed E-state index contributed by atoms with van der Waals surface area (Å²) in [4.78, 5) is 12.7. The molecule has 0 saturated heterocycles. The molecule has 0 aromatic heterocycles. The van der Waals surface area contributed by atoms with Crippen LogP contribution in [0.15, 0.2) is 29.8 Å². The Morgan fingerprint density at radius 1 is 1.33 bits per heavy atom. The molecule has 0 bridgehead atoms. The van der Waals surface area contributed by atoms with Crippen molar-refractivity contribution in [3.05, 3.63) is 40.4 Å². The van der Waals surface area contributed by atoms with Crippen LogP contribution in [0, 0.1) is 17.3 Å². The van der Waals surface area contributed by atoms with Crippen molar-refractivity contribution in [1.82, 2.24) is 0 Å². The summed E-state index contributed by atoms with van der Waals surface area (Å²) in [6.45, 7) is 4.69. The summed E-state index contributed by atoms with van der Waals surface area (Å²) in [5.74, 6) is 0.909. The molecule has 4 heteroatoms. The maximum atomic E-state index is 12.7. The van der Waals surface area contributed by atoms with Crippen molar-refractivity contribution in [2.45, 2.75) is 45.6 Å². The molecule has 3 unspecified atom stereocenters. The summed E-state index contributed by atoms with van der Waals surface area (Å²) in [5, 5.41) is 0.635. The van der Waals surface area contributed by atoms with Gasteiger partial charge in [0.15, 0.2) is 6.10 Å². The Morgan fingerprint density at radius 3 is 2.83 bits per heavy atom. The average molecular weight is 347 g/mol. The Labute approximate surface area is 148 Å². The molecule has 1 aromatic carbocycles. The smallest absolute Gasteiger partial charge is 0.310 e. The van der Waals surface area contributed by atoms with Crippen molar-refractivity contribution in [1.29, 1.82) is 0 Å². The first-order chi connectivity index (χ1) is 11.5. The summed E-state index contributed by atoms with van der Waals surface area (Å²) in [6.07, 6.45) is 6.95. The van der Waals surface area contributed by atoms with Crippen molar-refractivity contribution in [3.63, 3.8) is 0 Å². The summed E-state index contributed by atoms with van der Waals surface area (Å²) >= 11 is 6.06. The number of allylic oxidation sites excluding steroid dienone is 2. The summed E-state index contributed by atoms with van der Waals surface area (Å²) in [6, 6.07) is 5.45. The Bertz CT molecular complexity index is 699. The van der Waals surface area contributed by atoms with Crippen LogP contribution in [0.4, 0.5) is 0 Å². The molecule has 3 atom stereocenters. The predicted octanol–water partition coefficient (Wildman–Crippen LogP) is 5.09. The molecule has 1 heterocycles. The minimum Gasteiger partial charge on any atom is -0.489 e. The van der Waals surface area contributed by atoms with Crippen molar-refractivity contribution >= 4 is 17.6 Å². The summed E-state index contributed by atoms with van der Waals surface area (Å²) in [7, 11) is 0. The van der Waals surface area contributed by atoms with Gasteiger partial charge in [-0.05, 0) is 55.2 Å². The fourth-order valence-corrected chi connectivity index (χ4v) is 4.34. The highest BCUT2D eigenvalue weighted by molar-refractivity contribution is 6.30. The lowest BCUT2D eigenvalue weighted by molar-refractivity contribution is -0.152. The minimum atomic E-state index is -0.345. The van der Waals surface area contributed by atoms with Gasteiger partial charge in [0.25, 0.3) is 0 Å². The first-order valence-corrected chi connectivity index (χ1v) is 9.17. The van der Waals surface area contributed by atoms with Crippen LogP contribution in [-0.2, 0) is 9.53 Å². The lowest BCUT2D eigenvalue weighted by Crippen LogP contribution is -2.16. The van der Waals surface area contributed by atoms with Gasteiger partial charge in [0.1, 0.15) is 12.4 Å². The molecule has 0 radical (unpaired) electrons. The Kier molecular flexibility index (Phi) is 3.87. The molecule has 1 aliphatic heterocycles. The van der Waals surface area contributed by atoms with Gasteiger partial charge in [0, 0.05) is 10.6 Å². The number of benzene rings is 1. The van der Waals surface area contributed by atoms with Crippen molar-refractivity contribution < 1.29 is 14.3 Å². The quantitative estimate of drug-likeness (QED) is 0.565. The third kappa shape index (κ3) is 2.73. The predicted molar refractivity (Wildman–Crippen MR) is 93.1 cm³/mol. The second-order valence-corrected chi connectivity index (χ2v) is 8.21. The van der Waals surface area contributed by atoms with Crippen molar-refractivity contribution in [3.8, 4) is 5.75 Å². The lowest BCUT2D eigenvalue weighted by atomic mass is 10.1. The third-order valence-corrected chi connectivity index (χ3v) is 6.03. The van der Waals surface area contributed by atoms with Gasteiger partial charge in [0.2, 0.25) is 0 Å². The van der Waals surface area contributed by atoms with E-state index in [1.165, 1.54) is 31.3 Å². The van der Waals surface area contributed by atoms with Gasteiger partial charge in [-0.2, -0.15) is 0 Å². The van der Waals surface area contributed by atoms with E-state index in [0.717, 1.165) is 11.3 Å². The van der Waals surface area contributed by atoms with Crippen LogP contribution < -0.4 is 4.74 Å². The van der Waals surface area contributed by atoms with Gasteiger partial charge in [-0.15, -0.1) is 0 Å². The maximum Gasteiger partial charge on any atom is 0.310 e. The van der Waals surface area contributed by atoms with Gasteiger partial charge < -0.3 is 9.47 Å². The molecule has 3 nitrogen and oxygen atoms in total. The van der Waals surface area contributed by atoms with E-state index < -0.39 is 0 Å². The highest BCUT2D eigenvalue weighted by Crippen LogP contribution is 2.60. The van der Waals surface area contributed by atoms with E-state index in [1.54, 1.807) is 6.07 Å². The number of hydrogen-bond acceptors (Lipinski definition) is 3. The average Bonchev–Trinajstić information content (AvgIpc) is 2.96. The summed E-state index contributed by atoms with van der Waals surface area (Å²) < 4.78 is 11.4. The van der Waals surface area contributed by atoms with Crippen LogP contribution in [0.2, 0.25) is 5.02 Å². The van der Waals surface area contributed by atoms with Crippen molar-refractivity contribution in [2.75, 3.05) is 6.61 Å². The number of carbonyl (C=O) groups is 1. The van der Waals surface area contributed by atoms with E-state index in [0.29, 0.717) is 17.5 Å². The van der Waals surface area contributed by atoms with Crippen LogP contribution in [-0.4, -0.2) is 12.6 Å².